The Kier molecular flexibility index (Phi) is 3.52. The summed E-state index contributed by atoms with van der Waals surface area (Å²) in [5.41, 5.74) is 7.19. The highest BCUT2D eigenvalue weighted by atomic mass is 19.2. The molecule has 0 spiro atoms. The van der Waals surface area contributed by atoms with Crippen molar-refractivity contribution < 1.29 is 13.2 Å². The van der Waals surface area contributed by atoms with Crippen LogP contribution >= 0.6 is 0 Å². The number of nitrogens with two attached hydrogens (primary N) is 1. The Morgan fingerprint density at radius 3 is 2.24 bits per heavy atom. The zero-order valence-corrected chi connectivity index (χ0v) is 9.35. The first kappa shape index (κ1) is 12.2. The van der Waals surface area contributed by atoms with Crippen LogP contribution in [0.1, 0.15) is 37.3 Å². The number of rotatable bonds is 2. The Morgan fingerprint density at radius 2 is 1.71 bits per heavy atom. The Balaban J connectivity index is 2.30. The topological polar surface area (TPSA) is 26.0 Å². The van der Waals surface area contributed by atoms with Gasteiger partial charge in [0, 0.05) is 0 Å². The first-order valence-corrected chi connectivity index (χ1v) is 5.68. The third kappa shape index (κ3) is 2.52. The highest BCUT2D eigenvalue weighted by molar-refractivity contribution is 5.30. The third-order valence-electron chi connectivity index (χ3n) is 3.09. The predicted molar refractivity (Wildman–Crippen MR) is 59.8 cm³/mol. The quantitative estimate of drug-likeness (QED) is 0.621. The van der Waals surface area contributed by atoms with Gasteiger partial charge in [-0.3, -0.25) is 0 Å². The van der Waals surface area contributed by atoms with Gasteiger partial charge in [0.25, 0.3) is 0 Å². The van der Waals surface area contributed by atoms with Gasteiger partial charge in [0.05, 0.1) is 6.04 Å². The lowest BCUT2D eigenvalue weighted by Gasteiger charge is -2.20. The van der Waals surface area contributed by atoms with Gasteiger partial charge in [-0.2, -0.15) is 0 Å². The van der Waals surface area contributed by atoms with E-state index in [-0.39, 0.29) is 5.56 Å². The van der Waals surface area contributed by atoms with Gasteiger partial charge >= 0.3 is 0 Å². The van der Waals surface area contributed by atoms with Crippen molar-refractivity contribution in [2.45, 2.75) is 31.7 Å². The van der Waals surface area contributed by atoms with E-state index in [1.165, 1.54) is 0 Å². The van der Waals surface area contributed by atoms with E-state index in [2.05, 4.69) is 0 Å². The van der Waals surface area contributed by atoms with Gasteiger partial charge in [0.2, 0.25) is 0 Å². The molecule has 0 amide bonds. The highest BCUT2D eigenvalue weighted by Gasteiger charge is 2.18. The summed E-state index contributed by atoms with van der Waals surface area (Å²) in [5, 5.41) is 0. The second-order valence-corrected chi connectivity index (χ2v) is 4.30. The van der Waals surface area contributed by atoms with E-state index >= 15 is 0 Å². The standard InChI is InChI=1S/C13H14F3N/c14-10-6-9(7-11(15)12(10)16)13(17)8-4-2-1-3-5-8/h4,6-7,13H,1-3,5,17H2. The fourth-order valence-electron chi connectivity index (χ4n) is 2.11. The smallest absolute Gasteiger partial charge is 0.194 e. The van der Waals surface area contributed by atoms with Crippen LogP contribution in [0, 0.1) is 17.5 Å². The summed E-state index contributed by atoms with van der Waals surface area (Å²) in [6.07, 6.45) is 5.93. The van der Waals surface area contributed by atoms with Crippen LogP contribution in [0.15, 0.2) is 23.8 Å². The maximum atomic E-state index is 13.1. The second kappa shape index (κ2) is 4.92. The lowest BCUT2D eigenvalue weighted by atomic mass is 9.90. The van der Waals surface area contributed by atoms with Gasteiger partial charge in [0.15, 0.2) is 17.5 Å². The number of halogens is 3. The molecule has 1 aromatic rings. The molecule has 1 nitrogen and oxygen atoms in total. The van der Waals surface area contributed by atoms with Crippen LogP contribution in [0.3, 0.4) is 0 Å². The normalized spacial score (nSPS) is 17.8. The van der Waals surface area contributed by atoms with Gasteiger partial charge in [-0.1, -0.05) is 11.6 Å². The maximum Gasteiger partial charge on any atom is 0.194 e. The molecule has 2 N–H and O–H groups in total. The van der Waals surface area contributed by atoms with Crippen LogP contribution < -0.4 is 5.73 Å². The summed E-state index contributed by atoms with van der Waals surface area (Å²) >= 11 is 0. The van der Waals surface area contributed by atoms with Gasteiger partial charge < -0.3 is 5.73 Å². The van der Waals surface area contributed by atoms with E-state index in [1.54, 1.807) is 0 Å². The minimum absolute atomic E-state index is 0.287. The van der Waals surface area contributed by atoms with Crippen molar-refractivity contribution in [1.82, 2.24) is 0 Å². The summed E-state index contributed by atoms with van der Waals surface area (Å²) in [6, 6.07) is 1.40. The molecule has 0 heterocycles. The first-order chi connectivity index (χ1) is 8.09. The zero-order valence-electron chi connectivity index (χ0n) is 9.35. The van der Waals surface area contributed by atoms with Crippen molar-refractivity contribution in [2.24, 2.45) is 5.73 Å². The lowest BCUT2D eigenvalue weighted by molar-refractivity contribution is 0.444. The molecule has 17 heavy (non-hydrogen) atoms. The van der Waals surface area contributed by atoms with Crippen molar-refractivity contribution in [3.63, 3.8) is 0 Å². The van der Waals surface area contributed by atoms with Crippen molar-refractivity contribution in [3.05, 3.63) is 46.8 Å². The molecule has 0 bridgehead atoms. The minimum Gasteiger partial charge on any atom is -0.321 e. The number of hydrogen-bond donors (Lipinski definition) is 1. The monoisotopic (exact) mass is 241 g/mol. The van der Waals surface area contributed by atoms with Gasteiger partial charge in [-0.05, 0) is 43.4 Å². The van der Waals surface area contributed by atoms with Crippen LogP contribution in [0.4, 0.5) is 13.2 Å². The molecular formula is C13H14F3N. The van der Waals surface area contributed by atoms with Crippen molar-refractivity contribution in [3.8, 4) is 0 Å². The lowest BCUT2D eigenvalue weighted by Crippen LogP contribution is -2.16. The Morgan fingerprint density at radius 1 is 1.06 bits per heavy atom. The minimum atomic E-state index is -1.45. The summed E-state index contributed by atoms with van der Waals surface area (Å²) in [5.74, 6) is -3.82. The largest absolute Gasteiger partial charge is 0.321 e. The van der Waals surface area contributed by atoms with E-state index in [9.17, 15) is 13.2 Å². The molecule has 0 aromatic heterocycles. The summed E-state index contributed by atoms with van der Waals surface area (Å²) < 4.78 is 39.0. The number of allylic oxidation sites excluding steroid dienone is 1. The van der Waals surface area contributed by atoms with E-state index < -0.39 is 23.5 Å². The van der Waals surface area contributed by atoms with E-state index in [4.69, 9.17) is 5.73 Å². The van der Waals surface area contributed by atoms with Crippen LogP contribution in [0.5, 0.6) is 0 Å². The molecule has 1 aromatic carbocycles. The van der Waals surface area contributed by atoms with Gasteiger partial charge in [0.1, 0.15) is 0 Å². The Labute approximate surface area is 98.1 Å². The highest BCUT2D eigenvalue weighted by Crippen LogP contribution is 2.29. The molecule has 1 aliphatic rings. The third-order valence-corrected chi connectivity index (χ3v) is 3.09. The summed E-state index contributed by atoms with van der Waals surface area (Å²) in [6.45, 7) is 0. The fraction of sp³-hybridized carbons (Fsp3) is 0.385. The Hall–Kier alpha value is -1.29. The summed E-state index contributed by atoms with van der Waals surface area (Å²) in [7, 11) is 0. The molecule has 0 aliphatic heterocycles. The molecular weight excluding hydrogens is 227 g/mol. The zero-order chi connectivity index (χ0) is 12.4. The summed E-state index contributed by atoms with van der Waals surface area (Å²) in [4.78, 5) is 0. The molecule has 1 unspecified atom stereocenters. The molecule has 2 rings (SSSR count). The molecule has 4 heteroatoms. The van der Waals surface area contributed by atoms with Crippen LogP contribution in [-0.4, -0.2) is 0 Å². The fourth-order valence-corrected chi connectivity index (χ4v) is 2.11. The van der Waals surface area contributed by atoms with Gasteiger partial charge in [-0.15, -0.1) is 0 Å². The predicted octanol–water partition coefficient (Wildman–Crippen LogP) is 3.60. The van der Waals surface area contributed by atoms with Crippen molar-refractivity contribution in [1.29, 1.82) is 0 Å². The number of benzene rings is 1. The van der Waals surface area contributed by atoms with E-state index in [1.807, 2.05) is 6.08 Å². The molecule has 0 saturated carbocycles. The average Bonchev–Trinajstić information content (AvgIpc) is 2.35. The van der Waals surface area contributed by atoms with Crippen molar-refractivity contribution in [2.75, 3.05) is 0 Å². The van der Waals surface area contributed by atoms with Crippen LogP contribution in [0.25, 0.3) is 0 Å². The van der Waals surface area contributed by atoms with Gasteiger partial charge in [-0.25, -0.2) is 13.2 Å². The number of hydrogen-bond acceptors (Lipinski definition) is 1. The molecule has 0 fully saturated rings. The van der Waals surface area contributed by atoms with E-state index in [0.29, 0.717) is 0 Å². The molecule has 92 valence electrons. The Bertz CT molecular complexity index is 431. The van der Waals surface area contributed by atoms with Crippen LogP contribution in [0.2, 0.25) is 0 Å². The maximum absolute atomic E-state index is 13.1. The van der Waals surface area contributed by atoms with Crippen LogP contribution in [-0.2, 0) is 0 Å². The SMILES string of the molecule is NC(C1=CCCCC1)c1cc(F)c(F)c(F)c1. The second-order valence-electron chi connectivity index (χ2n) is 4.30. The average molecular weight is 241 g/mol. The van der Waals surface area contributed by atoms with E-state index in [0.717, 1.165) is 43.4 Å². The first-order valence-electron chi connectivity index (χ1n) is 5.68. The molecule has 1 atom stereocenters. The molecule has 1 aliphatic carbocycles. The van der Waals surface area contributed by atoms with Crippen molar-refractivity contribution >= 4 is 0 Å². The molecule has 0 radical (unpaired) electrons. The molecule has 0 saturated heterocycles.